The number of hydrogen-bond donors (Lipinski definition) is 2. The van der Waals surface area contributed by atoms with Crippen LogP contribution in [0.3, 0.4) is 0 Å². The van der Waals surface area contributed by atoms with Crippen LogP contribution < -0.4 is 5.32 Å². The number of aryl methyl sites for hydroxylation is 1. The van der Waals surface area contributed by atoms with Crippen molar-refractivity contribution < 1.29 is 13.9 Å². The Bertz CT molecular complexity index is 1070. The molecule has 1 aliphatic heterocycles. The van der Waals surface area contributed by atoms with E-state index in [2.05, 4.69) is 22.2 Å². The second kappa shape index (κ2) is 9.02. The minimum absolute atomic E-state index is 0.0912. The maximum Gasteiger partial charge on any atom is 0.166 e. The fraction of sp³-hybridized carbons (Fsp3) is 0.320. The van der Waals surface area contributed by atoms with E-state index in [4.69, 9.17) is 0 Å². The van der Waals surface area contributed by atoms with Crippen molar-refractivity contribution in [1.29, 1.82) is 0 Å². The highest BCUT2D eigenvalue weighted by atomic mass is 19.2. The third-order valence-electron chi connectivity index (χ3n) is 5.97. The molecule has 1 aliphatic rings. The van der Waals surface area contributed by atoms with Crippen LogP contribution in [0.25, 0.3) is 22.4 Å². The molecule has 1 saturated heterocycles. The Hall–Kier alpha value is -2.99. The normalized spacial score (nSPS) is 16.6. The number of pyridine rings is 1. The highest BCUT2D eigenvalue weighted by Gasteiger charge is 2.20. The van der Waals surface area contributed by atoms with E-state index >= 15 is 0 Å². The summed E-state index contributed by atoms with van der Waals surface area (Å²) in [7, 11) is 2.14. The molecular formula is C25H27F2N3O. The molecule has 1 unspecified atom stereocenters. The number of nitrogens with one attached hydrogen (secondary N) is 1. The van der Waals surface area contributed by atoms with Crippen molar-refractivity contribution in [2.24, 2.45) is 0 Å². The van der Waals surface area contributed by atoms with Crippen molar-refractivity contribution in [3.05, 3.63) is 65.7 Å². The van der Waals surface area contributed by atoms with E-state index in [1.807, 2.05) is 19.1 Å². The van der Waals surface area contributed by atoms with Crippen LogP contribution in [-0.2, 0) is 0 Å². The predicted molar refractivity (Wildman–Crippen MR) is 120 cm³/mol. The smallest absolute Gasteiger partial charge is 0.166 e. The summed E-state index contributed by atoms with van der Waals surface area (Å²) in [6.07, 6.45) is 3.37. The summed E-state index contributed by atoms with van der Waals surface area (Å²) in [5.74, 6) is -1.13. The van der Waals surface area contributed by atoms with Gasteiger partial charge in [0.25, 0.3) is 0 Å². The lowest BCUT2D eigenvalue weighted by Crippen LogP contribution is -2.27. The fourth-order valence-corrected chi connectivity index (χ4v) is 4.21. The van der Waals surface area contributed by atoms with Gasteiger partial charge in [0.15, 0.2) is 11.6 Å². The number of phenols is 1. The zero-order valence-corrected chi connectivity index (χ0v) is 17.8. The monoisotopic (exact) mass is 423 g/mol. The number of aromatic hydroxyl groups is 1. The van der Waals surface area contributed by atoms with Gasteiger partial charge >= 0.3 is 0 Å². The van der Waals surface area contributed by atoms with Gasteiger partial charge in [-0.25, -0.2) is 13.8 Å². The van der Waals surface area contributed by atoms with E-state index < -0.39 is 11.6 Å². The fourth-order valence-electron chi connectivity index (χ4n) is 4.21. The Labute approximate surface area is 181 Å². The number of likely N-dealkylation sites (tertiary alicyclic amines) is 1. The molecule has 6 heteroatoms. The van der Waals surface area contributed by atoms with Crippen LogP contribution >= 0.6 is 0 Å². The average molecular weight is 424 g/mol. The first kappa shape index (κ1) is 21.2. The average Bonchev–Trinajstić information content (AvgIpc) is 3.16. The van der Waals surface area contributed by atoms with Crippen LogP contribution in [0, 0.1) is 18.6 Å². The summed E-state index contributed by atoms with van der Waals surface area (Å²) in [6.45, 7) is 3.76. The molecule has 0 radical (unpaired) electrons. The third kappa shape index (κ3) is 4.69. The maximum atomic E-state index is 14.5. The summed E-state index contributed by atoms with van der Waals surface area (Å²) in [6, 6.07) is 13.3. The molecule has 162 valence electrons. The van der Waals surface area contributed by atoms with Crippen LogP contribution in [0.1, 0.15) is 24.8 Å². The summed E-state index contributed by atoms with van der Waals surface area (Å²) in [5.41, 5.74) is 2.69. The molecule has 1 aromatic heterocycles. The molecule has 4 rings (SSSR count). The van der Waals surface area contributed by atoms with Crippen molar-refractivity contribution >= 4 is 5.82 Å². The minimum atomic E-state index is -0.897. The van der Waals surface area contributed by atoms with E-state index in [0.29, 0.717) is 28.7 Å². The van der Waals surface area contributed by atoms with Crippen molar-refractivity contribution in [3.63, 3.8) is 0 Å². The van der Waals surface area contributed by atoms with E-state index in [1.54, 1.807) is 24.3 Å². The van der Waals surface area contributed by atoms with Gasteiger partial charge in [-0.2, -0.15) is 0 Å². The van der Waals surface area contributed by atoms with Gasteiger partial charge in [-0.1, -0.05) is 23.8 Å². The zero-order valence-electron chi connectivity index (χ0n) is 17.8. The molecule has 1 fully saturated rings. The van der Waals surface area contributed by atoms with Crippen LogP contribution in [0.4, 0.5) is 14.6 Å². The Kier molecular flexibility index (Phi) is 6.18. The number of benzene rings is 2. The number of hydrogen-bond acceptors (Lipinski definition) is 4. The first-order valence-electron chi connectivity index (χ1n) is 10.6. The van der Waals surface area contributed by atoms with Crippen molar-refractivity contribution in [3.8, 4) is 28.1 Å². The first-order valence-corrected chi connectivity index (χ1v) is 10.6. The summed E-state index contributed by atoms with van der Waals surface area (Å²) in [5, 5.41) is 13.7. The van der Waals surface area contributed by atoms with Crippen molar-refractivity contribution in [2.45, 2.75) is 32.2 Å². The summed E-state index contributed by atoms with van der Waals surface area (Å²) >= 11 is 0. The lowest BCUT2D eigenvalue weighted by molar-refractivity contribution is 0.301. The quantitative estimate of drug-likeness (QED) is 0.542. The second-order valence-corrected chi connectivity index (χ2v) is 8.24. The summed E-state index contributed by atoms with van der Waals surface area (Å²) < 4.78 is 28.4. The van der Waals surface area contributed by atoms with Crippen molar-refractivity contribution in [2.75, 3.05) is 25.5 Å². The molecule has 3 aromatic rings. The van der Waals surface area contributed by atoms with Gasteiger partial charge in [-0.05, 0) is 75.7 Å². The zero-order chi connectivity index (χ0) is 22.0. The number of phenolic OH excluding ortho intramolecular Hbond substituents is 1. The number of anilines is 1. The van der Waals surface area contributed by atoms with E-state index in [0.717, 1.165) is 31.1 Å². The highest BCUT2D eigenvalue weighted by molar-refractivity contribution is 5.76. The molecule has 4 nitrogen and oxygen atoms in total. The third-order valence-corrected chi connectivity index (χ3v) is 5.97. The largest absolute Gasteiger partial charge is 0.507 e. The lowest BCUT2D eigenvalue weighted by Gasteiger charge is -2.20. The molecule has 0 bridgehead atoms. The summed E-state index contributed by atoms with van der Waals surface area (Å²) in [4.78, 5) is 7.03. The van der Waals surface area contributed by atoms with Gasteiger partial charge in [0.2, 0.25) is 0 Å². The molecule has 0 aliphatic carbocycles. The Morgan fingerprint density at radius 1 is 1.13 bits per heavy atom. The van der Waals surface area contributed by atoms with Gasteiger partial charge in [0.1, 0.15) is 11.6 Å². The van der Waals surface area contributed by atoms with E-state index in [9.17, 15) is 13.9 Å². The van der Waals surface area contributed by atoms with Crippen LogP contribution in [0.5, 0.6) is 5.75 Å². The molecule has 0 spiro atoms. The minimum Gasteiger partial charge on any atom is -0.507 e. The molecule has 0 amide bonds. The molecule has 1 atom stereocenters. The van der Waals surface area contributed by atoms with Crippen molar-refractivity contribution in [1.82, 2.24) is 9.88 Å². The highest BCUT2D eigenvalue weighted by Crippen LogP contribution is 2.34. The SMILES string of the molecule is Cc1ccc(O)c(-c2cc(-c3cccc(F)c3F)cc(NCCC3CCCN3C)n2)c1. The maximum absolute atomic E-state index is 14.5. The Morgan fingerprint density at radius 3 is 2.74 bits per heavy atom. The number of nitrogens with zero attached hydrogens (tertiary/aromatic N) is 2. The van der Waals surface area contributed by atoms with Gasteiger partial charge in [-0.3, -0.25) is 0 Å². The molecular weight excluding hydrogens is 396 g/mol. The number of rotatable bonds is 6. The molecule has 2 aromatic carbocycles. The van der Waals surface area contributed by atoms with Gasteiger partial charge < -0.3 is 15.3 Å². The van der Waals surface area contributed by atoms with Gasteiger partial charge in [-0.15, -0.1) is 0 Å². The van der Waals surface area contributed by atoms with Gasteiger partial charge in [0, 0.05) is 23.7 Å². The second-order valence-electron chi connectivity index (χ2n) is 8.24. The van der Waals surface area contributed by atoms with Gasteiger partial charge in [0.05, 0.1) is 5.69 Å². The Balaban J connectivity index is 1.70. The van der Waals surface area contributed by atoms with E-state index in [1.165, 1.54) is 18.9 Å². The molecule has 31 heavy (non-hydrogen) atoms. The molecule has 2 N–H and O–H groups in total. The number of aromatic nitrogens is 1. The van der Waals surface area contributed by atoms with Crippen LogP contribution in [-0.4, -0.2) is 41.2 Å². The molecule has 0 saturated carbocycles. The standard InChI is InChI=1S/C25H27F2N3O/c1-16-8-9-23(31)20(13-16)22-14-17(19-6-3-7-21(26)25(19)27)15-24(29-22)28-11-10-18-5-4-12-30(18)2/h3,6-9,13-15,18,31H,4-5,10-12H2,1-2H3,(H,28,29). The Morgan fingerprint density at radius 2 is 1.97 bits per heavy atom. The first-order chi connectivity index (χ1) is 14.9. The predicted octanol–water partition coefficient (Wildman–Crippen LogP) is 5.60. The van der Waals surface area contributed by atoms with Crippen LogP contribution in [0.2, 0.25) is 0 Å². The lowest BCUT2D eigenvalue weighted by atomic mass is 10.0. The van der Waals surface area contributed by atoms with Crippen LogP contribution in [0.15, 0.2) is 48.5 Å². The van der Waals surface area contributed by atoms with E-state index in [-0.39, 0.29) is 11.3 Å². The molecule has 2 heterocycles. The topological polar surface area (TPSA) is 48.4 Å². The number of halogens is 2.